The van der Waals surface area contributed by atoms with E-state index in [-0.39, 0.29) is 10.6 Å². The molecule has 0 spiro atoms. The molecule has 0 saturated heterocycles. The first-order valence-electron chi connectivity index (χ1n) is 27.7. The fraction of sp³-hybridized carbons (Fsp3) is 0.684. The Labute approximate surface area is 411 Å². The van der Waals surface area contributed by atoms with E-state index in [1.165, 1.54) is 109 Å². The van der Waals surface area contributed by atoms with Crippen molar-refractivity contribution >= 4 is 48.4 Å². The van der Waals surface area contributed by atoms with E-state index in [1.807, 2.05) is 16.7 Å². The molecule has 3 rings (SSSR count). The third-order valence-corrected chi connectivity index (χ3v) is 86.9. The minimum atomic E-state index is -2.25. The fourth-order valence-electron chi connectivity index (χ4n) is 16.9. The van der Waals surface area contributed by atoms with Gasteiger partial charge in [0.25, 0.3) is 0 Å². The molecule has 0 atom stereocenters. The van der Waals surface area contributed by atoms with Gasteiger partial charge < -0.3 is 0 Å². The Kier molecular flexibility index (Phi) is 22.0. The monoisotopic (exact) mass is 1010 g/mol. The molecule has 0 unspecified atom stereocenters. The Hall–Kier alpha value is -0.506. The van der Waals surface area contributed by atoms with Crippen LogP contribution in [0.25, 0.3) is 0 Å². The second-order valence-corrected chi connectivity index (χ2v) is 62.0. The van der Waals surface area contributed by atoms with Gasteiger partial charge in [-0.25, -0.2) is 0 Å². The van der Waals surface area contributed by atoms with Gasteiger partial charge in [0.05, 0.1) is 0 Å². The maximum absolute atomic E-state index is 2.87. The summed E-state index contributed by atoms with van der Waals surface area (Å²) in [5, 5.41) is 0. The molecule has 0 amide bonds. The molecule has 0 aliphatic heterocycles. The van der Waals surface area contributed by atoms with Crippen LogP contribution < -0.4 is 0 Å². The summed E-state index contributed by atoms with van der Waals surface area (Å²) in [5.74, 6) is 0. The molecule has 3 aromatic carbocycles. The van der Waals surface area contributed by atoms with Gasteiger partial charge in [0.1, 0.15) is 0 Å². The first kappa shape index (κ1) is 57.8. The predicted octanol–water partition coefficient (Wildman–Crippen LogP) is 19.6. The first-order valence-corrected chi connectivity index (χ1v) is 45.3. The summed E-state index contributed by atoms with van der Waals surface area (Å²) in [4.78, 5) is 0. The van der Waals surface area contributed by atoms with Crippen molar-refractivity contribution in [3.05, 3.63) is 108 Å². The van der Waals surface area contributed by atoms with Crippen molar-refractivity contribution in [1.82, 2.24) is 0 Å². The van der Waals surface area contributed by atoms with Gasteiger partial charge in [-0.15, -0.1) is 0 Å². The molecule has 0 N–H and O–H groups in total. The molecule has 0 heterocycles. The van der Waals surface area contributed by atoms with E-state index in [0.29, 0.717) is 0 Å². The molecule has 0 nitrogen and oxygen atoms in total. The van der Waals surface area contributed by atoms with Gasteiger partial charge in [-0.05, 0) is 0 Å². The summed E-state index contributed by atoms with van der Waals surface area (Å²) >= 11 is -2.07. The van der Waals surface area contributed by atoms with Crippen LogP contribution in [0.15, 0.2) is 91.0 Å². The summed E-state index contributed by atoms with van der Waals surface area (Å²) in [7, 11) is -13.5. The van der Waals surface area contributed by atoms with E-state index in [2.05, 4.69) is 216 Å². The van der Waals surface area contributed by atoms with Crippen molar-refractivity contribution in [2.24, 2.45) is 0 Å². The number of rotatable bonds is 30. The zero-order chi connectivity index (χ0) is 48.1. The van der Waals surface area contributed by atoms with E-state index in [9.17, 15) is 0 Å². The van der Waals surface area contributed by atoms with Gasteiger partial charge in [-0.1, -0.05) is 0 Å². The Morgan fingerprint density at radius 1 is 0.234 bits per heavy atom. The third kappa shape index (κ3) is 8.02. The average molecular weight is 1010 g/mol. The molecule has 7 heteroatoms. The van der Waals surface area contributed by atoms with Crippen molar-refractivity contribution in [2.75, 3.05) is 0 Å². The summed E-state index contributed by atoms with van der Waals surface area (Å²) in [5.41, 5.74) is 5.72. The Bertz CT molecular complexity index is 1440. The van der Waals surface area contributed by atoms with Crippen LogP contribution in [0.4, 0.5) is 0 Å². The van der Waals surface area contributed by atoms with Gasteiger partial charge >= 0.3 is 414 Å². The molecule has 0 saturated carbocycles. The van der Waals surface area contributed by atoms with Crippen LogP contribution in [0, 0.1) is 0 Å². The molecule has 0 bridgehead atoms. The normalized spacial score (nSPS) is 14.1. The zero-order valence-electron chi connectivity index (χ0n) is 45.8. The van der Waals surface area contributed by atoms with Gasteiger partial charge in [0.2, 0.25) is 0 Å². The molecule has 64 heavy (non-hydrogen) atoms. The topological polar surface area (TPSA) is 0 Å². The molecule has 0 fully saturated rings. The van der Waals surface area contributed by atoms with E-state index >= 15 is 0 Å². The zero-order valence-corrected chi connectivity index (χ0v) is 53.1. The van der Waals surface area contributed by atoms with Crippen LogP contribution in [0.5, 0.6) is 0 Å². The molecule has 3 aromatic rings. The van der Waals surface area contributed by atoms with Crippen molar-refractivity contribution in [3.63, 3.8) is 0 Å². The molecular formula is C57H105CrSi6. The van der Waals surface area contributed by atoms with Crippen molar-refractivity contribution in [3.8, 4) is 0 Å². The van der Waals surface area contributed by atoms with Crippen molar-refractivity contribution < 1.29 is 14.1 Å². The predicted molar refractivity (Wildman–Crippen MR) is 308 cm³/mol. The quantitative estimate of drug-likeness (QED) is 0.0584. The van der Waals surface area contributed by atoms with Crippen LogP contribution in [0.3, 0.4) is 0 Å². The SMILES string of the molecule is CC[Si](CC)(CC)[C](c1ccccc1)([Cr]([C](c1ccccc1)([Si](CC)(CC)CC)[Si](CC)(CC)CC)[C](c1ccccc1)([Si](CC)(CC)CC)[Si](CC)(CC)CC)[Si](CC)(CC)CC. The molecular weight excluding hydrogens is 905 g/mol. The number of hydrogen-bond donors (Lipinski definition) is 0. The third-order valence-electron chi connectivity index (χ3n) is 21.1. The molecule has 0 radical (unpaired) electrons. The van der Waals surface area contributed by atoms with Crippen LogP contribution in [-0.2, 0) is 24.7 Å². The van der Waals surface area contributed by atoms with Crippen molar-refractivity contribution in [1.29, 1.82) is 0 Å². The van der Waals surface area contributed by atoms with Crippen LogP contribution in [-0.4, -0.2) is 48.4 Å². The fourth-order valence-corrected chi connectivity index (χ4v) is 106. The standard InChI is InChI=1S/3C19H35Si2.Cr/c3*1-7-20(8-2,9-3)19(18-16-14-13-15-17-18)21(10-4,11-5)12-6;/h3*13-17H,7-12H2,1-6H3;. The molecule has 0 aliphatic rings. The van der Waals surface area contributed by atoms with E-state index in [4.69, 9.17) is 0 Å². The number of hydrogen-bond acceptors (Lipinski definition) is 0. The van der Waals surface area contributed by atoms with Gasteiger partial charge in [0.15, 0.2) is 0 Å². The summed E-state index contributed by atoms with van der Waals surface area (Å²) < 4.78 is 0.817. The summed E-state index contributed by atoms with van der Waals surface area (Å²) in [6.07, 6.45) is 0. The van der Waals surface area contributed by atoms with Crippen LogP contribution in [0.2, 0.25) is 109 Å². The summed E-state index contributed by atoms with van der Waals surface area (Å²) in [6, 6.07) is 65.6. The molecule has 363 valence electrons. The molecule has 0 aromatic heterocycles. The second kappa shape index (κ2) is 24.4. The van der Waals surface area contributed by atoms with E-state index in [0.717, 1.165) is 0 Å². The van der Waals surface area contributed by atoms with Crippen molar-refractivity contribution in [2.45, 2.75) is 244 Å². The molecule has 0 aliphatic carbocycles. The Balaban J connectivity index is 3.61. The van der Waals surface area contributed by atoms with E-state index < -0.39 is 62.6 Å². The number of benzene rings is 3. The van der Waals surface area contributed by atoms with Gasteiger partial charge in [-0.2, -0.15) is 0 Å². The van der Waals surface area contributed by atoms with Crippen LogP contribution in [0.1, 0.15) is 141 Å². The first-order chi connectivity index (χ1) is 30.8. The van der Waals surface area contributed by atoms with E-state index in [1.54, 1.807) is 0 Å². The Morgan fingerprint density at radius 3 is 0.469 bits per heavy atom. The van der Waals surface area contributed by atoms with Gasteiger partial charge in [-0.3, -0.25) is 0 Å². The summed E-state index contributed by atoms with van der Waals surface area (Å²) in [6.45, 7) is 50.2. The second-order valence-electron chi connectivity index (χ2n) is 20.5. The minimum absolute atomic E-state index is 0.272. The average Bonchev–Trinajstić information content (AvgIpc) is 3.37. The van der Waals surface area contributed by atoms with Crippen LogP contribution >= 0.6 is 0 Å². The van der Waals surface area contributed by atoms with Gasteiger partial charge in [0, 0.05) is 0 Å². The maximum atomic E-state index is 2.87. The Morgan fingerprint density at radius 2 is 0.359 bits per heavy atom.